The van der Waals surface area contributed by atoms with Gasteiger partial charge in [0, 0.05) is 22.0 Å². The van der Waals surface area contributed by atoms with E-state index in [1.807, 2.05) is 0 Å². The molecule has 1 aliphatic carbocycles. The number of fused-ring (bicyclic) bond motifs is 3. The number of aryl methyl sites for hydroxylation is 1. The lowest BCUT2D eigenvalue weighted by Gasteiger charge is -2.38. The van der Waals surface area contributed by atoms with E-state index in [0.29, 0.717) is 5.92 Å². The van der Waals surface area contributed by atoms with E-state index in [2.05, 4.69) is 56.1 Å². The highest BCUT2D eigenvalue weighted by Gasteiger charge is 2.42. The Morgan fingerprint density at radius 2 is 2.25 bits per heavy atom. The predicted octanol–water partition coefficient (Wildman–Crippen LogP) is 5.44. The molecule has 0 amide bonds. The topological polar surface area (TPSA) is 53.1 Å². The van der Waals surface area contributed by atoms with E-state index in [1.165, 1.54) is 27.7 Å². The average Bonchev–Trinajstić information content (AvgIpc) is 2.96. The lowest BCUT2D eigenvalue weighted by atomic mass is 9.65. The number of aliphatic carboxylic acids is 1. The zero-order chi connectivity index (χ0) is 17.3. The van der Waals surface area contributed by atoms with Crippen molar-refractivity contribution in [2.75, 3.05) is 0 Å². The summed E-state index contributed by atoms with van der Waals surface area (Å²) in [7, 11) is 0. The Labute approximate surface area is 143 Å². The van der Waals surface area contributed by atoms with Crippen molar-refractivity contribution in [1.82, 2.24) is 4.98 Å². The van der Waals surface area contributed by atoms with Gasteiger partial charge in [-0.25, -0.2) is 0 Å². The van der Waals surface area contributed by atoms with Gasteiger partial charge in [-0.3, -0.25) is 4.79 Å². The van der Waals surface area contributed by atoms with Crippen molar-refractivity contribution in [3.05, 3.63) is 47.2 Å². The van der Waals surface area contributed by atoms with Crippen LogP contribution in [-0.4, -0.2) is 16.1 Å². The van der Waals surface area contributed by atoms with Gasteiger partial charge in [0.1, 0.15) is 0 Å². The molecule has 2 atom stereocenters. The Morgan fingerprint density at radius 1 is 1.46 bits per heavy atom. The number of allylic oxidation sites excluding steroid dienone is 2. The van der Waals surface area contributed by atoms with Crippen LogP contribution in [0.5, 0.6) is 0 Å². The molecule has 1 aromatic heterocycles. The molecule has 3 nitrogen and oxygen atoms in total. The van der Waals surface area contributed by atoms with Gasteiger partial charge in [0.25, 0.3) is 0 Å². The van der Waals surface area contributed by atoms with Gasteiger partial charge in [0.15, 0.2) is 0 Å². The number of hydrogen-bond donors (Lipinski definition) is 2. The SMILES string of the molecule is C/C=C\C[C@H]1CCC(CC)(CC(=O)O)c2[nH]c3c(C)cccc3c21. The normalized spacial score (nSPS) is 23.7. The summed E-state index contributed by atoms with van der Waals surface area (Å²) < 4.78 is 0. The Balaban J connectivity index is 2.23. The molecule has 1 heterocycles. The smallest absolute Gasteiger partial charge is 0.304 e. The van der Waals surface area contributed by atoms with Crippen LogP contribution in [0.4, 0.5) is 0 Å². The van der Waals surface area contributed by atoms with E-state index in [9.17, 15) is 9.90 Å². The summed E-state index contributed by atoms with van der Waals surface area (Å²) in [4.78, 5) is 15.2. The second kappa shape index (κ2) is 6.46. The molecule has 0 saturated heterocycles. The highest BCUT2D eigenvalue weighted by atomic mass is 16.4. The maximum Gasteiger partial charge on any atom is 0.304 e. The van der Waals surface area contributed by atoms with Gasteiger partial charge in [0.05, 0.1) is 6.42 Å². The van der Waals surface area contributed by atoms with Gasteiger partial charge in [0.2, 0.25) is 0 Å². The molecule has 0 aliphatic heterocycles. The van der Waals surface area contributed by atoms with Crippen molar-refractivity contribution >= 4 is 16.9 Å². The summed E-state index contributed by atoms with van der Waals surface area (Å²) in [6, 6.07) is 6.42. The van der Waals surface area contributed by atoms with Crippen LogP contribution in [0.2, 0.25) is 0 Å². The number of nitrogens with one attached hydrogen (secondary N) is 1. The van der Waals surface area contributed by atoms with Crippen LogP contribution in [0.15, 0.2) is 30.4 Å². The number of carboxylic acids is 1. The largest absolute Gasteiger partial charge is 0.481 e. The van der Waals surface area contributed by atoms with Gasteiger partial charge >= 0.3 is 5.97 Å². The predicted molar refractivity (Wildman–Crippen MR) is 98.7 cm³/mol. The maximum atomic E-state index is 11.6. The van der Waals surface area contributed by atoms with Crippen LogP contribution in [0, 0.1) is 6.92 Å². The van der Waals surface area contributed by atoms with Gasteiger partial charge in [-0.05, 0) is 56.6 Å². The van der Waals surface area contributed by atoms with Crippen LogP contribution in [0.1, 0.15) is 68.7 Å². The van der Waals surface area contributed by atoms with Crippen LogP contribution in [-0.2, 0) is 10.2 Å². The first kappa shape index (κ1) is 16.8. The first-order valence-electron chi connectivity index (χ1n) is 8.97. The minimum Gasteiger partial charge on any atom is -0.481 e. The molecule has 0 fully saturated rings. The zero-order valence-electron chi connectivity index (χ0n) is 14.9. The van der Waals surface area contributed by atoms with E-state index in [4.69, 9.17) is 0 Å². The van der Waals surface area contributed by atoms with Crippen LogP contribution >= 0.6 is 0 Å². The summed E-state index contributed by atoms with van der Waals surface area (Å²) in [5.41, 5.74) is 4.68. The summed E-state index contributed by atoms with van der Waals surface area (Å²) >= 11 is 0. The third-order valence-corrected chi connectivity index (χ3v) is 5.81. The molecule has 0 radical (unpaired) electrons. The van der Waals surface area contributed by atoms with Crippen molar-refractivity contribution in [3.63, 3.8) is 0 Å². The molecule has 0 bridgehead atoms. The van der Waals surface area contributed by atoms with Crippen LogP contribution in [0.25, 0.3) is 10.9 Å². The molecular weight excluding hydrogens is 298 g/mol. The number of aromatic nitrogens is 1. The number of benzene rings is 1. The Kier molecular flexibility index (Phi) is 4.53. The van der Waals surface area contributed by atoms with Gasteiger partial charge in [-0.1, -0.05) is 37.3 Å². The number of para-hydroxylation sites is 1. The fourth-order valence-electron chi connectivity index (χ4n) is 4.43. The number of carboxylic acid groups (broad SMARTS) is 1. The lowest BCUT2D eigenvalue weighted by Crippen LogP contribution is -2.34. The van der Waals surface area contributed by atoms with Crippen molar-refractivity contribution in [2.45, 2.75) is 64.2 Å². The highest BCUT2D eigenvalue weighted by molar-refractivity contribution is 5.89. The number of aromatic amines is 1. The number of carbonyl (C=O) groups is 1. The van der Waals surface area contributed by atoms with E-state index in [-0.39, 0.29) is 11.8 Å². The molecule has 3 rings (SSSR count). The van der Waals surface area contributed by atoms with Gasteiger partial charge in [-0.15, -0.1) is 0 Å². The quantitative estimate of drug-likeness (QED) is 0.719. The highest BCUT2D eigenvalue weighted by Crippen LogP contribution is 2.50. The summed E-state index contributed by atoms with van der Waals surface area (Å²) in [6.45, 7) is 6.30. The molecule has 1 aromatic carbocycles. The molecule has 1 aliphatic rings. The first-order chi connectivity index (χ1) is 11.5. The Hall–Kier alpha value is -2.03. The number of hydrogen-bond acceptors (Lipinski definition) is 1. The van der Waals surface area contributed by atoms with Crippen molar-refractivity contribution in [3.8, 4) is 0 Å². The molecule has 24 heavy (non-hydrogen) atoms. The van der Waals surface area contributed by atoms with Crippen molar-refractivity contribution in [2.24, 2.45) is 0 Å². The van der Waals surface area contributed by atoms with E-state index < -0.39 is 5.97 Å². The van der Waals surface area contributed by atoms with Crippen LogP contribution < -0.4 is 0 Å². The first-order valence-corrected chi connectivity index (χ1v) is 8.97. The van der Waals surface area contributed by atoms with E-state index in [0.717, 1.165) is 25.7 Å². The molecule has 3 heteroatoms. The minimum absolute atomic E-state index is 0.207. The Morgan fingerprint density at radius 3 is 2.92 bits per heavy atom. The van der Waals surface area contributed by atoms with E-state index in [1.54, 1.807) is 0 Å². The van der Waals surface area contributed by atoms with Crippen LogP contribution in [0.3, 0.4) is 0 Å². The molecular formula is C21H27NO2. The second-order valence-corrected chi connectivity index (χ2v) is 7.16. The van der Waals surface area contributed by atoms with E-state index >= 15 is 0 Å². The number of H-pyrrole nitrogens is 1. The molecule has 2 aromatic rings. The fourth-order valence-corrected chi connectivity index (χ4v) is 4.43. The van der Waals surface area contributed by atoms with Gasteiger partial charge < -0.3 is 10.1 Å². The van der Waals surface area contributed by atoms with Crippen molar-refractivity contribution < 1.29 is 9.90 Å². The zero-order valence-corrected chi connectivity index (χ0v) is 14.9. The lowest BCUT2D eigenvalue weighted by molar-refractivity contribution is -0.138. The standard InChI is InChI=1S/C21H27NO2/c1-4-6-9-15-11-12-21(5-2,13-17(23)24)20-18(15)16-10-7-8-14(3)19(16)22-20/h4,6-8,10,15,22H,5,9,11-13H2,1-3H3,(H,23,24)/b6-4-/t15-,21?/m0/s1. The summed E-state index contributed by atoms with van der Waals surface area (Å²) in [5.74, 6) is -0.231. The minimum atomic E-state index is -0.704. The molecule has 0 saturated carbocycles. The third-order valence-electron chi connectivity index (χ3n) is 5.81. The maximum absolute atomic E-state index is 11.6. The summed E-state index contributed by atoms with van der Waals surface area (Å²) in [5, 5.41) is 10.8. The Bertz CT molecular complexity index is 786. The molecule has 0 spiro atoms. The second-order valence-electron chi connectivity index (χ2n) is 7.16. The number of rotatable bonds is 5. The molecule has 1 unspecified atom stereocenters. The summed E-state index contributed by atoms with van der Waals surface area (Å²) in [6.07, 6.45) is 8.43. The molecule has 128 valence electrons. The third kappa shape index (κ3) is 2.66. The van der Waals surface area contributed by atoms with Crippen molar-refractivity contribution in [1.29, 1.82) is 0 Å². The fraction of sp³-hybridized carbons (Fsp3) is 0.476. The average molecular weight is 325 g/mol. The molecule has 2 N–H and O–H groups in total. The monoisotopic (exact) mass is 325 g/mol. The van der Waals surface area contributed by atoms with Gasteiger partial charge in [-0.2, -0.15) is 0 Å².